The van der Waals surface area contributed by atoms with Gasteiger partial charge in [0.05, 0.1) is 34.9 Å². The van der Waals surface area contributed by atoms with Crippen molar-refractivity contribution < 1.29 is 4.52 Å². The Hall–Kier alpha value is -4.54. The highest BCUT2D eigenvalue weighted by molar-refractivity contribution is 7.16. The van der Waals surface area contributed by atoms with E-state index >= 15 is 0 Å². The Morgan fingerprint density at radius 2 is 1.98 bits per heavy atom. The molecular weight excluding hydrogens is 623 g/mol. The lowest BCUT2D eigenvalue weighted by atomic mass is 9.62. The van der Waals surface area contributed by atoms with Crippen molar-refractivity contribution in [3.05, 3.63) is 57.4 Å². The normalized spacial score (nSPS) is 22.0. The minimum absolute atomic E-state index is 0.100. The number of nitrogens with two attached hydrogens (primary N) is 2. The van der Waals surface area contributed by atoms with Crippen LogP contribution < -0.4 is 16.4 Å². The first-order valence-corrected chi connectivity index (χ1v) is 17.7. The molecule has 0 saturated carbocycles. The largest absolute Gasteiger partial charge is 0.389 e. The molecule has 4 atom stereocenters. The number of fused-ring (bicyclic) bond motifs is 5. The lowest BCUT2D eigenvalue weighted by Gasteiger charge is -2.39. The minimum Gasteiger partial charge on any atom is -0.389 e. The number of nitrogen functional groups attached to an aromatic ring is 2. The van der Waals surface area contributed by atoms with Gasteiger partial charge in [-0.05, 0) is 90.4 Å². The Bertz CT molecular complexity index is 2070. The maximum Gasteiger partial charge on any atom is 0.207 e. The minimum atomic E-state index is -0.401. The molecule has 4 unspecified atom stereocenters. The van der Waals surface area contributed by atoms with Gasteiger partial charge in [0, 0.05) is 40.7 Å². The number of anilines is 3. The van der Waals surface area contributed by atoms with E-state index in [1.165, 1.54) is 11.3 Å². The molecule has 3 aliphatic rings. The second kappa shape index (κ2) is 11.6. The molecule has 0 bridgehead atoms. The molecule has 1 saturated heterocycles. The number of hydrogen-bond acceptors (Lipinski definition) is 12. The van der Waals surface area contributed by atoms with Gasteiger partial charge in [0.15, 0.2) is 5.65 Å². The summed E-state index contributed by atoms with van der Waals surface area (Å²) in [4.78, 5) is 20.5. The fraction of sp³-hybridized carbons (Fsp3) is 0.486. The van der Waals surface area contributed by atoms with Crippen LogP contribution in [0.5, 0.6) is 0 Å². The Morgan fingerprint density at radius 3 is 2.73 bits per heavy atom. The van der Waals surface area contributed by atoms with Crippen LogP contribution >= 0.6 is 11.3 Å². The Morgan fingerprint density at radius 1 is 1.17 bits per heavy atom. The molecule has 13 heteroatoms. The number of likely N-dealkylation sites (tertiary alicyclic amines) is 1. The van der Waals surface area contributed by atoms with E-state index in [0.717, 1.165) is 90.7 Å². The highest BCUT2D eigenvalue weighted by Gasteiger charge is 2.48. The van der Waals surface area contributed by atoms with E-state index in [1.54, 1.807) is 17.5 Å². The van der Waals surface area contributed by atoms with E-state index in [2.05, 4.69) is 46.4 Å². The van der Waals surface area contributed by atoms with E-state index in [-0.39, 0.29) is 12.1 Å². The molecule has 12 nitrogen and oxygen atoms in total. The highest BCUT2D eigenvalue weighted by atomic mass is 32.1. The number of rotatable bonds is 6. The average molecular weight is 664 g/mol. The van der Waals surface area contributed by atoms with E-state index in [0.29, 0.717) is 34.0 Å². The first-order chi connectivity index (χ1) is 23.2. The van der Waals surface area contributed by atoms with Crippen LogP contribution in [0.3, 0.4) is 0 Å². The molecule has 4 N–H and O–H groups in total. The van der Waals surface area contributed by atoms with Crippen LogP contribution in [-0.4, -0.2) is 61.5 Å². The average Bonchev–Trinajstić information content (AvgIpc) is 3.89. The van der Waals surface area contributed by atoms with Gasteiger partial charge in [0.2, 0.25) is 11.6 Å². The number of aryl methyl sites for hydroxylation is 1. The van der Waals surface area contributed by atoms with Gasteiger partial charge in [-0.3, -0.25) is 0 Å². The van der Waals surface area contributed by atoms with E-state index in [9.17, 15) is 5.26 Å². The van der Waals surface area contributed by atoms with E-state index in [4.69, 9.17) is 36.2 Å². The van der Waals surface area contributed by atoms with E-state index in [1.807, 2.05) is 25.4 Å². The van der Waals surface area contributed by atoms with Crippen LogP contribution in [0, 0.1) is 11.3 Å². The second-order valence-electron chi connectivity index (χ2n) is 13.8. The number of likely N-dealkylation sites (N-methyl/N-ethyl adjacent to an activating group) is 1. The van der Waals surface area contributed by atoms with Crippen LogP contribution in [0.1, 0.15) is 97.3 Å². The summed E-state index contributed by atoms with van der Waals surface area (Å²) in [6.45, 7) is 5.40. The summed E-state index contributed by atoms with van der Waals surface area (Å²) in [6, 6.07) is 6.65. The van der Waals surface area contributed by atoms with Crippen molar-refractivity contribution in [1.29, 1.82) is 5.26 Å². The predicted octanol–water partition coefficient (Wildman–Crippen LogP) is 5.79. The molecule has 8 rings (SSSR count). The molecule has 0 radical (unpaired) electrons. The van der Waals surface area contributed by atoms with Crippen molar-refractivity contribution in [2.45, 2.75) is 88.8 Å². The molecule has 6 heterocycles. The smallest absolute Gasteiger partial charge is 0.207 e. The lowest BCUT2D eigenvalue weighted by molar-refractivity contribution is 0.232. The molecular formula is C35H41N11OS. The first-order valence-electron chi connectivity index (χ1n) is 16.9. The van der Waals surface area contributed by atoms with Crippen molar-refractivity contribution in [1.82, 2.24) is 34.8 Å². The quantitative estimate of drug-likeness (QED) is 0.226. The number of nitrogens with zero attached hydrogens (tertiary/aromatic N) is 9. The third-order valence-electron chi connectivity index (χ3n) is 11.3. The van der Waals surface area contributed by atoms with Crippen LogP contribution in [0.15, 0.2) is 29.0 Å². The van der Waals surface area contributed by atoms with Gasteiger partial charge >= 0.3 is 0 Å². The summed E-state index contributed by atoms with van der Waals surface area (Å²) in [6.07, 6.45) is 11.4. The zero-order valence-corrected chi connectivity index (χ0v) is 28.7. The van der Waals surface area contributed by atoms with Crippen LogP contribution in [0.4, 0.5) is 16.6 Å². The maximum absolute atomic E-state index is 10.2. The summed E-state index contributed by atoms with van der Waals surface area (Å²) in [5.41, 5.74) is 17.6. The standard InChI is InChI=1S/C35H41N11OS/c1-19(21-10-7-15-39-30(21)37)45(4)33-24-18-40-46(20(2)25-11-8-16-44(25)3)34(24)42-32(41-33)28-22-9-5-13-35(29(22)43-47-28)14-6-12-26-27(35)23(17-36)31(38)48-26/h7,10,15,18-20,25H,5-6,8-9,11-14,16,38H2,1-4H3,(H2,37,39). The predicted molar refractivity (Wildman–Crippen MR) is 187 cm³/mol. The van der Waals surface area contributed by atoms with Crippen LogP contribution in [0.25, 0.3) is 22.6 Å². The topological polar surface area (TPSA) is 165 Å². The summed E-state index contributed by atoms with van der Waals surface area (Å²) in [5, 5.41) is 21.3. The lowest BCUT2D eigenvalue weighted by Crippen LogP contribution is -2.36. The molecule has 1 aliphatic heterocycles. The maximum atomic E-state index is 10.2. The number of hydrogen-bond donors (Lipinski definition) is 2. The molecule has 248 valence electrons. The fourth-order valence-electron chi connectivity index (χ4n) is 8.69. The van der Waals surface area contributed by atoms with Gasteiger partial charge in [0.1, 0.15) is 22.7 Å². The van der Waals surface area contributed by atoms with Crippen molar-refractivity contribution in [3.63, 3.8) is 0 Å². The first kappa shape index (κ1) is 30.8. The summed E-state index contributed by atoms with van der Waals surface area (Å²) in [7, 11) is 4.21. The Labute approximate surface area is 283 Å². The zero-order valence-electron chi connectivity index (χ0n) is 27.9. The van der Waals surface area contributed by atoms with Gasteiger partial charge in [-0.15, -0.1) is 11.3 Å². The molecule has 5 aromatic heterocycles. The highest BCUT2D eigenvalue weighted by Crippen LogP contribution is 2.55. The molecule has 2 aliphatic carbocycles. The van der Waals surface area contributed by atoms with Crippen LogP contribution in [0.2, 0.25) is 0 Å². The van der Waals surface area contributed by atoms with Crippen molar-refractivity contribution in [2.75, 3.05) is 37.0 Å². The molecule has 0 amide bonds. The zero-order chi connectivity index (χ0) is 33.3. The Balaban J connectivity index is 1.30. The van der Waals surface area contributed by atoms with Crippen molar-refractivity contribution in [3.8, 4) is 17.7 Å². The summed E-state index contributed by atoms with van der Waals surface area (Å²) >= 11 is 1.55. The summed E-state index contributed by atoms with van der Waals surface area (Å²) < 4.78 is 8.35. The number of nitriles is 1. The van der Waals surface area contributed by atoms with E-state index < -0.39 is 5.41 Å². The van der Waals surface area contributed by atoms with Gasteiger partial charge in [-0.1, -0.05) is 11.2 Å². The second-order valence-corrected chi connectivity index (χ2v) is 14.9. The van der Waals surface area contributed by atoms with Crippen LogP contribution in [-0.2, 0) is 18.3 Å². The Kier molecular flexibility index (Phi) is 7.41. The number of thiophene rings is 1. The number of aromatic nitrogens is 6. The van der Waals surface area contributed by atoms with Crippen molar-refractivity contribution >= 4 is 39.0 Å². The molecule has 1 spiro atoms. The molecule has 5 aromatic rings. The van der Waals surface area contributed by atoms with Crippen molar-refractivity contribution in [2.24, 2.45) is 0 Å². The van der Waals surface area contributed by atoms with Gasteiger partial charge in [0.25, 0.3) is 0 Å². The third-order valence-corrected chi connectivity index (χ3v) is 12.3. The van der Waals surface area contributed by atoms with Gasteiger partial charge < -0.3 is 25.8 Å². The molecule has 1 fully saturated rings. The van der Waals surface area contributed by atoms with Gasteiger partial charge in [-0.25, -0.2) is 19.6 Å². The monoisotopic (exact) mass is 663 g/mol. The fourth-order valence-corrected chi connectivity index (χ4v) is 9.86. The molecule has 48 heavy (non-hydrogen) atoms. The third kappa shape index (κ3) is 4.53. The molecule has 0 aromatic carbocycles. The van der Waals surface area contributed by atoms with Gasteiger partial charge in [-0.2, -0.15) is 10.4 Å². The number of pyridine rings is 1. The SMILES string of the molecule is CC(c1cccnc1N)N(C)c1nc(-c2onc3c2CCCC32CCCc3sc(N)c(C#N)c32)nc2c1cnn2C(C)C1CCCN1C. The summed E-state index contributed by atoms with van der Waals surface area (Å²) in [5.74, 6) is 2.29.